The largest absolute Gasteiger partial charge is 0.456 e. The molecule has 0 aliphatic heterocycles. The Kier molecular flexibility index (Phi) is 7.00. The molecule has 2 N–H and O–H groups in total. The van der Waals surface area contributed by atoms with Crippen LogP contribution in [0.3, 0.4) is 0 Å². The highest BCUT2D eigenvalue weighted by Gasteiger charge is 2.30. The first kappa shape index (κ1) is 25.6. The molecule has 3 heterocycles. The normalized spacial score (nSPS) is 17.3. The maximum atomic E-state index is 13.3. The Bertz CT molecular complexity index is 1550. The highest BCUT2D eigenvalue weighted by atomic mass is 16.4. The lowest BCUT2D eigenvalue weighted by molar-refractivity contribution is -0.121. The van der Waals surface area contributed by atoms with Crippen LogP contribution >= 0.6 is 0 Å². The maximum absolute atomic E-state index is 13.3. The molecule has 2 unspecified atom stereocenters. The van der Waals surface area contributed by atoms with Gasteiger partial charge in [0.2, 0.25) is 5.91 Å². The summed E-state index contributed by atoms with van der Waals surface area (Å²) < 4.78 is 5.96. The van der Waals surface area contributed by atoms with Crippen LogP contribution in [0.25, 0.3) is 11.1 Å². The summed E-state index contributed by atoms with van der Waals surface area (Å²) in [5.74, 6) is 0.475. The zero-order valence-electron chi connectivity index (χ0n) is 22.2. The molecule has 3 aromatic heterocycles. The predicted octanol–water partition coefficient (Wildman–Crippen LogP) is 5.94. The fourth-order valence-corrected chi connectivity index (χ4v) is 5.12. The molecular weight excluding hydrogens is 474 g/mol. The Morgan fingerprint density at radius 1 is 1.13 bits per heavy atom. The molecule has 0 bridgehead atoms. The number of pyridine rings is 2. The summed E-state index contributed by atoms with van der Waals surface area (Å²) in [5, 5.41) is 14.5. The number of aryl methyl sites for hydroxylation is 3. The number of hydrogen-bond donors (Lipinski definition) is 2. The second-order valence-corrected chi connectivity index (χ2v) is 10.3. The van der Waals surface area contributed by atoms with Gasteiger partial charge in [0.25, 0.3) is 0 Å². The van der Waals surface area contributed by atoms with Crippen LogP contribution < -0.4 is 5.32 Å². The number of benzene rings is 1. The Labute approximate surface area is 223 Å². The second-order valence-electron chi connectivity index (χ2n) is 10.3. The minimum Gasteiger partial charge on any atom is -0.456 e. The number of aliphatic hydroxyl groups is 1. The van der Waals surface area contributed by atoms with E-state index in [-0.39, 0.29) is 24.3 Å². The van der Waals surface area contributed by atoms with Crippen LogP contribution in [-0.4, -0.2) is 21.0 Å². The summed E-state index contributed by atoms with van der Waals surface area (Å²) >= 11 is 0. The molecular formula is C32H33N3O3. The molecule has 0 spiro atoms. The molecule has 38 heavy (non-hydrogen) atoms. The molecule has 0 fully saturated rings. The highest BCUT2D eigenvalue weighted by Crippen LogP contribution is 2.34. The average Bonchev–Trinajstić information content (AvgIpc) is 3.33. The standard InChI is InChI=1S/C32H33N3O3/c1-20-10-12-26(21(2)16-20)31(23-8-6-5-7-9-23)35-30(36)18-25-11-13-28-27(34-25)19-29(38-28)32(4,37)24-14-15-33-22(3)17-24/h5-8,10-17,19,23,31,37H,9,18H2,1-4H3,(H,35,36)/t23?,31-,32?/m0/s1. The maximum Gasteiger partial charge on any atom is 0.226 e. The van der Waals surface area contributed by atoms with Crippen LogP contribution in [0.5, 0.6) is 0 Å². The lowest BCUT2D eigenvalue weighted by Crippen LogP contribution is -2.34. The van der Waals surface area contributed by atoms with E-state index in [2.05, 4.69) is 59.5 Å². The van der Waals surface area contributed by atoms with E-state index in [9.17, 15) is 9.90 Å². The number of furan rings is 1. The molecule has 1 aliphatic rings. The van der Waals surface area contributed by atoms with Gasteiger partial charge in [-0.25, -0.2) is 4.98 Å². The van der Waals surface area contributed by atoms with E-state index in [1.54, 1.807) is 37.4 Å². The van der Waals surface area contributed by atoms with Crippen molar-refractivity contribution in [3.63, 3.8) is 0 Å². The lowest BCUT2D eigenvalue weighted by Gasteiger charge is -2.28. The molecule has 0 saturated carbocycles. The van der Waals surface area contributed by atoms with Crippen LogP contribution in [0.15, 0.2) is 83.4 Å². The fourth-order valence-electron chi connectivity index (χ4n) is 5.12. The van der Waals surface area contributed by atoms with Crippen LogP contribution in [0.2, 0.25) is 0 Å². The Morgan fingerprint density at radius 2 is 1.97 bits per heavy atom. The van der Waals surface area contributed by atoms with Gasteiger partial charge in [-0.3, -0.25) is 9.78 Å². The van der Waals surface area contributed by atoms with Crippen LogP contribution in [-0.2, 0) is 16.8 Å². The molecule has 6 nitrogen and oxygen atoms in total. The molecule has 1 aromatic carbocycles. The van der Waals surface area contributed by atoms with Gasteiger partial charge < -0.3 is 14.8 Å². The van der Waals surface area contributed by atoms with Gasteiger partial charge in [0.15, 0.2) is 5.58 Å². The summed E-state index contributed by atoms with van der Waals surface area (Å²) in [5.41, 5.74) is 5.45. The summed E-state index contributed by atoms with van der Waals surface area (Å²) in [6, 6.07) is 15.2. The molecule has 1 amide bonds. The zero-order chi connectivity index (χ0) is 26.9. The van der Waals surface area contributed by atoms with Gasteiger partial charge >= 0.3 is 0 Å². The number of hydrogen-bond acceptors (Lipinski definition) is 5. The number of carbonyl (C=O) groups excluding carboxylic acids is 1. The van der Waals surface area contributed by atoms with Gasteiger partial charge in [-0.15, -0.1) is 0 Å². The van der Waals surface area contributed by atoms with Crippen molar-refractivity contribution in [2.24, 2.45) is 5.92 Å². The third kappa shape index (κ3) is 5.31. The summed E-state index contributed by atoms with van der Waals surface area (Å²) in [7, 11) is 0. The third-order valence-electron chi connectivity index (χ3n) is 7.23. The van der Waals surface area contributed by atoms with Gasteiger partial charge in [-0.05, 0) is 75.1 Å². The van der Waals surface area contributed by atoms with E-state index in [0.717, 1.165) is 17.7 Å². The lowest BCUT2D eigenvalue weighted by atomic mass is 9.85. The number of amides is 1. The summed E-state index contributed by atoms with van der Waals surface area (Å²) in [6.07, 6.45) is 11.1. The van der Waals surface area contributed by atoms with Crippen molar-refractivity contribution in [2.75, 3.05) is 0 Å². The average molecular weight is 508 g/mol. The van der Waals surface area contributed by atoms with Crippen molar-refractivity contribution in [1.82, 2.24) is 15.3 Å². The Hall–Kier alpha value is -4.03. The molecule has 194 valence electrons. The first-order valence-electron chi connectivity index (χ1n) is 13.0. The van der Waals surface area contributed by atoms with Gasteiger partial charge in [0, 0.05) is 23.9 Å². The summed E-state index contributed by atoms with van der Waals surface area (Å²) in [6.45, 7) is 7.74. The van der Waals surface area contributed by atoms with Crippen molar-refractivity contribution in [2.45, 2.75) is 52.2 Å². The molecule has 3 atom stereocenters. The van der Waals surface area contributed by atoms with Crippen molar-refractivity contribution in [3.05, 3.63) is 118 Å². The molecule has 1 aliphatic carbocycles. The second kappa shape index (κ2) is 10.4. The number of aromatic nitrogens is 2. The van der Waals surface area contributed by atoms with E-state index in [0.29, 0.717) is 28.1 Å². The number of rotatable bonds is 7. The smallest absolute Gasteiger partial charge is 0.226 e. The van der Waals surface area contributed by atoms with E-state index >= 15 is 0 Å². The monoisotopic (exact) mass is 507 g/mol. The fraction of sp³-hybridized carbons (Fsp3) is 0.281. The first-order chi connectivity index (χ1) is 18.2. The topological polar surface area (TPSA) is 88.2 Å². The van der Waals surface area contributed by atoms with Crippen LogP contribution in [0.1, 0.15) is 58.8 Å². The molecule has 0 radical (unpaired) electrons. The van der Waals surface area contributed by atoms with Gasteiger partial charge in [0.05, 0.1) is 18.2 Å². The van der Waals surface area contributed by atoms with Gasteiger partial charge in [-0.2, -0.15) is 0 Å². The third-order valence-corrected chi connectivity index (χ3v) is 7.23. The molecule has 4 aromatic rings. The van der Waals surface area contributed by atoms with Gasteiger partial charge in [0.1, 0.15) is 16.9 Å². The predicted molar refractivity (Wildman–Crippen MR) is 149 cm³/mol. The van der Waals surface area contributed by atoms with Crippen molar-refractivity contribution < 1.29 is 14.3 Å². The Balaban J connectivity index is 1.37. The number of allylic oxidation sites excluding steroid dienone is 3. The van der Waals surface area contributed by atoms with Gasteiger partial charge in [-0.1, -0.05) is 48.1 Å². The highest BCUT2D eigenvalue weighted by molar-refractivity contribution is 5.80. The van der Waals surface area contributed by atoms with Crippen LogP contribution in [0.4, 0.5) is 0 Å². The molecule has 6 heteroatoms. The number of nitrogens with zero attached hydrogens (tertiary/aromatic N) is 2. The quantitative estimate of drug-likeness (QED) is 0.323. The minimum absolute atomic E-state index is 0.0900. The van der Waals surface area contributed by atoms with Crippen molar-refractivity contribution in [1.29, 1.82) is 0 Å². The first-order valence-corrected chi connectivity index (χ1v) is 13.0. The minimum atomic E-state index is -1.34. The van der Waals surface area contributed by atoms with E-state index in [1.165, 1.54) is 11.1 Å². The number of fused-ring (bicyclic) bond motifs is 1. The molecule has 5 rings (SSSR count). The van der Waals surface area contributed by atoms with E-state index < -0.39 is 5.60 Å². The number of carbonyl (C=O) groups is 1. The Morgan fingerprint density at radius 3 is 2.71 bits per heavy atom. The zero-order valence-corrected chi connectivity index (χ0v) is 22.2. The number of nitrogens with one attached hydrogen (secondary N) is 1. The van der Waals surface area contributed by atoms with Crippen molar-refractivity contribution in [3.8, 4) is 0 Å². The van der Waals surface area contributed by atoms with E-state index in [1.807, 2.05) is 25.1 Å². The van der Waals surface area contributed by atoms with E-state index in [4.69, 9.17) is 4.42 Å². The van der Waals surface area contributed by atoms with Crippen LogP contribution in [0, 0.1) is 26.7 Å². The molecule has 0 saturated heterocycles. The summed E-state index contributed by atoms with van der Waals surface area (Å²) in [4.78, 5) is 22.2. The SMILES string of the molecule is Cc1ccc([C@@H](NC(=O)Cc2ccc3oc(C(C)(O)c4ccnc(C)c4)cc3n2)C2C=CC=CC2)c(C)c1. The van der Waals surface area contributed by atoms with Crippen molar-refractivity contribution >= 4 is 17.0 Å².